The summed E-state index contributed by atoms with van der Waals surface area (Å²) in [6.07, 6.45) is 0.957. The van der Waals surface area contributed by atoms with Crippen molar-refractivity contribution in [2.75, 3.05) is 27.3 Å². The third-order valence-corrected chi connectivity index (χ3v) is 3.34. The average Bonchev–Trinajstić information content (AvgIpc) is 2.89. The van der Waals surface area contributed by atoms with Crippen LogP contribution in [0.2, 0.25) is 0 Å². The zero-order chi connectivity index (χ0) is 14.7. The van der Waals surface area contributed by atoms with Crippen LogP contribution >= 0.6 is 0 Å². The fraction of sp³-hybridized carbons (Fsp3) is 0.462. The number of pyridine rings is 1. The quantitative estimate of drug-likeness (QED) is 0.851. The summed E-state index contributed by atoms with van der Waals surface area (Å²) in [6, 6.07) is 2.77. The van der Waals surface area contributed by atoms with Crippen LogP contribution in [-0.4, -0.2) is 66.4 Å². The Morgan fingerprint density at radius 2 is 1.85 bits per heavy atom. The molecule has 0 spiro atoms. The molecule has 20 heavy (non-hydrogen) atoms. The van der Waals surface area contributed by atoms with Crippen LogP contribution in [0.3, 0.4) is 0 Å². The van der Waals surface area contributed by atoms with Gasteiger partial charge >= 0.3 is 5.97 Å². The molecule has 108 valence electrons. The van der Waals surface area contributed by atoms with E-state index in [0.717, 1.165) is 0 Å². The summed E-state index contributed by atoms with van der Waals surface area (Å²) in [7, 11) is 3.15. The number of carbonyl (C=O) groups excluding carboxylic acids is 1. The van der Waals surface area contributed by atoms with Crippen LogP contribution in [0, 0.1) is 0 Å². The maximum atomic E-state index is 12.3. The number of nitrogens with zero attached hydrogens (tertiary/aromatic N) is 2. The number of aromatic carboxylic acids is 1. The maximum Gasteiger partial charge on any atom is 0.354 e. The highest BCUT2D eigenvalue weighted by atomic mass is 16.5. The largest absolute Gasteiger partial charge is 0.477 e. The van der Waals surface area contributed by atoms with Gasteiger partial charge in [0.2, 0.25) is 0 Å². The number of aromatic nitrogens is 1. The molecule has 1 fully saturated rings. The lowest BCUT2D eigenvalue weighted by Crippen LogP contribution is -2.30. The number of hydrogen-bond donors (Lipinski definition) is 1. The molecular formula is C13H16N2O5. The van der Waals surface area contributed by atoms with Gasteiger partial charge in [0.05, 0.1) is 5.56 Å². The summed E-state index contributed by atoms with van der Waals surface area (Å²) < 4.78 is 10.5. The van der Waals surface area contributed by atoms with Crippen LogP contribution in [-0.2, 0) is 9.47 Å². The Kier molecular flexibility index (Phi) is 4.31. The van der Waals surface area contributed by atoms with Gasteiger partial charge in [-0.15, -0.1) is 0 Å². The van der Waals surface area contributed by atoms with Crippen LogP contribution < -0.4 is 0 Å². The van der Waals surface area contributed by atoms with E-state index in [-0.39, 0.29) is 23.8 Å². The van der Waals surface area contributed by atoms with Crippen molar-refractivity contribution < 1.29 is 24.2 Å². The van der Waals surface area contributed by atoms with Crippen molar-refractivity contribution in [1.29, 1.82) is 0 Å². The van der Waals surface area contributed by atoms with Gasteiger partial charge < -0.3 is 19.5 Å². The molecule has 1 aromatic rings. The molecular weight excluding hydrogens is 264 g/mol. The van der Waals surface area contributed by atoms with E-state index in [0.29, 0.717) is 18.7 Å². The molecule has 1 N–H and O–H groups in total. The highest BCUT2D eigenvalue weighted by molar-refractivity contribution is 5.95. The Morgan fingerprint density at radius 1 is 1.25 bits per heavy atom. The molecule has 0 bridgehead atoms. The van der Waals surface area contributed by atoms with Gasteiger partial charge in [-0.25, -0.2) is 9.78 Å². The summed E-state index contributed by atoms with van der Waals surface area (Å²) in [4.78, 5) is 28.3. The summed E-state index contributed by atoms with van der Waals surface area (Å²) in [6.45, 7) is 0.878. The summed E-state index contributed by atoms with van der Waals surface area (Å²) >= 11 is 0. The zero-order valence-electron chi connectivity index (χ0n) is 11.3. The SMILES string of the molecule is COC1CN(C(=O)c2ccc(C(=O)O)nc2)CC1OC. The number of ether oxygens (including phenoxy) is 2. The van der Waals surface area contributed by atoms with Gasteiger partial charge in [-0.1, -0.05) is 0 Å². The first kappa shape index (κ1) is 14.4. The van der Waals surface area contributed by atoms with E-state index in [1.807, 2.05) is 0 Å². The van der Waals surface area contributed by atoms with Crippen LogP contribution in [0.1, 0.15) is 20.8 Å². The molecule has 2 atom stereocenters. The predicted molar refractivity (Wildman–Crippen MR) is 68.7 cm³/mol. The van der Waals surface area contributed by atoms with Crippen molar-refractivity contribution >= 4 is 11.9 Å². The molecule has 0 saturated carbocycles. The van der Waals surface area contributed by atoms with Crippen molar-refractivity contribution in [3.05, 3.63) is 29.6 Å². The standard InChI is InChI=1S/C13H16N2O5/c1-19-10-6-15(7-11(10)20-2)12(16)8-3-4-9(13(17)18)14-5-8/h3-5,10-11H,6-7H2,1-2H3,(H,17,18). The van der Waals surface area contributed by atoms with E-state index in [4.69, 9.17) is 14.6 Å². The van der Waals surface area contributed by atoms with Crippen molar-refractivity contribution in [3.63, 3.8) is 0 Å². The average molecular weight is 280 g/mol. The minimum absolute atomic E-state index is 0.0903. The maximum absolute atomic E-state index is 12.3. The molecule has 1 aliphatic rings. The third-order valence-electron chi connectivity index (χ3n) is 3.34. The third kappa shape index (κ3) is 2.78. The second-order valence-electron chi connectivity index (χ2n) is 4.50. The number of methoxy groups -OCH3 is 2. The Bertz CT molecular complexity index is 490. The first-order chi connectivity index (χ1) is 9.56. The van der Waals surface area contributed by atoms with Crippen molar-refractivity contribution in [2.24, 2.45) is 0 Å². The molecule has 1 saturated heterocycles. The van der Waals surface area contributed by atoms with Gasteiger partial charge in [0.1, 0.15) is 17.9 Å². The minimum atomic E-state index is -1.12. The minimum Gasteiger partial charge on any atom is -0.477 e. The molecule has 2 unspecified atom stereocenters. The topological polar surface area (TPSA) is 89.0 Å². The van der Waals surface area contributed by atoms with Gasteiger partial charge in [-0.2, -0.15) is 0 Å². The lowest BCUT2D eigenvalue weighted by molar-refractivity contribution is -0.00461. The molecule has 2 rings (SSSR count). The van der Waals surface area contributed by atoms with Gasteiger partial charge in [0.25, 0.3) is 5.91 Å². The van der Waals surface area contributed by atoms with Crippen LogP contribution in [0.5, 0.6) is 0 Å². The highest BCUT2D eigenvalue weighted by Crippen LogP contribution is 2.18. The van der Waals surface area contributed by atoms with Gasteiger partial charge in [-0.3, -0.25) is 4.79 Å². The Labute approximate surface area is 116 Å². The zero-order valence-corrected chi connectivity index (χ0v) is 11.3. The number of likely N-dealkylation sites (tertiary alicyclic amines) is 1. The summed E-state index contributed by atoms with van der Waals surface area (Å²) in [5, 5.41) is 8.77. The van der Waals surface area contributed by atoms with Gasteiger partial charge in [-0.05, 0) is 12.1 Å². The fourth-order valence-electron chi connectivity index (χ4n) is 2.19. The van der Waals surface area contributed by atoms with Crippen LogP contribution in [0.4, 0.5) is 0 Å². The van der Waals surface area contributed by atoms with E-state index in [1.165, 1.54) is 18.3 Å². The lowest BCUT2D eigenvalue weighted by atomic mass is 10.2. The molecule has 1 amide bonds. The smallest absolute Gasteiger partial charge is 0.354 e. The van der Waals surface area contributed by atoms with E-state index in [2.05, 4.69) is 4.98 Å². The number of rotatable bonds is 4. The van der Waals surface area contributed by atoms with Crippen molar-refractivity contribution in [2.45, 2.75) is 12.2 Å². The van der Waals surface area contributed by atoms with Crippen molar-refractivity contribution in [1.82, 2.24) is 9.88 Å². The van der Waals surface area contributed by atoms with E-state index < -0.39 is 5.97 Å². The first-order valence-corrected chi connectivity index (χ1v) is 6.11. The van der Waals surface area contributed by atoms with Gasteiger partial charge in [0, 0.05) is 33.5 Å². The summed E-state index contributed by atoms with van der Waals surface area (Å²) in [5.74, 6) is -1.33. The number of carbonyl (C=O) groups is 2. The van der Waals surface area contributed by atoms with Crippen LogP contribution in [0.25, 0.3) is 0 Å². The molecule has 7 nitrogen and oxygen atoms in total. The Morgan fingerprint density at radius 3 is 2.25 bits per heavy atom. The fourth-order valence-corrected chi connectivity index (χ4v) is 2.19. The summed E-state index contributed by atoms with van der Waals surface area (Å²) in [5.41, 5.74) is 0.258. The second-order valence-corrected chi connectivity index (χ2v) is 4.50. The molecule has 7 heteroatoms. The number of carboxylic acids is 1. The predicted octanol–water partition coefficient (Wildman–Crippen LogP) is 0.266. The lowest BCUT2D eigenvalue weighted by Gasteiger charge is -2.15. The number of hydrogen-bond acceptors (Lipinski definition) is 5. The Balaban J connectivity index is 2.10. The number of carboxylic acid groups (broad SMARTS) is 1. The molecule has 2 heterocycles. The van der Waals surface area contributed by atoms with Gasteiger partial charge in [0.15, 0.2) is 0 Å². The molecule has 1 aliphatic heterocycles. The Hall–Kier alpha value is -1.99. The molecule has 0 radical (unpaired) electrons. The van der Waals surface area contributed by atoms with E-state index in [9.17, 15) is 9.59 Å². The molecule has 0 aromatic carbocycles. The number of amides is 1. The molecule has 0 aliphatic carbocycles. The normalized spacial score (nSPS) is 22.0. The van der Waals surface area contributed by atoms with E-state index in [1.54, 1.807) is 19.1 Å². The molecule has 1 aromatic heterocycles. The first-order valence-electron chi connectivity index (χ1n) is 6.11. The van der Waals surface area contributed by atoms with E-state index >= 15 is 0 Å². The van der Waals surface area contributed by atoms with Crippen molar-refractivity contribution in [3.8, 4) is 0 Å². The van der Waals surface area contributed by atoms with Crippen LogP contribution in [0.15, 0.2) is 18.3 Å². The second kappa shape index (κ2) is 5.98. The highest BCUT2D eigenvalue weighted by Gasteiger charge is 2.35. The monoisotopic (exact) mass is 280 g/mol.